The third-order valence-electron chi connectivity index (χ3n) is 2.59. The van der Waals surface area contributed by atoms with Crippen LogP contribution >= 0.6 is 59.1 Å². The molecule has 1 aromatic carbocycles. The molecular formula is C13H11Br3OS. The lowest BCUT2D eigenvalue weighted by Gasteiger charge is -2.13. The van der Waals surface area contributed by atoms with Crippen molar-refractivity contribution in [3.05, 3.63) is 48.5 Å². The van der Waals surface area contributed by atoms with Crippen molar-refractivity contribution in [2.45, 2.75) is 11.8 Å². The van der Waals surface area contributed by atoms with E-state index in [1.165, 1.54) is 14.2 Å². The number of benzene rings is 1. The Morgan fingerprint density at radius 1 is 1.22 bits per heavy atom. The van der Waals surface area contributed by atoms with Gasteiger partial charge in [0, 0.05) is 14.9 Å². The number of ether oxygens (including phenoxy) is 1. The van der Waals surface area contributed by atoms with Crippen LogP contribution in [0.2, 0.25) is 0 Å². The molecule has 1 heterocycles. The van der Waals surface area contributed by atoms with Gasteiger partial charge in [0.05, 0.1) is 15.7 Å². The van der Waals surface area contributed by atoms with E-state index in [2.05, 4.69) is 66.8 Å². The number of hydrogen-bond donors (Lipinski definition) is 0. The standard InChI is InChI=1S/C13H11Br3OS/c1-7-5-11(18-13(7)16)12(15)9-6-8(14)3-4-10(9)17-2/h3-6,12H,1-2H3. The summed E-state index contributed by atoms with van der Waals surface area (Å²) in [7, 11) is 1.70. The summed E-state index contributed by atoms with van der Waals surface area (Å²) in [6.07, 6.45) is 0. The Hall–Kier alpha value is 0.160. The van der Waals surface area contributed by atoms with Crippen molar-refractivity contribution in [1.29, 1.82) is 0 Å². The smallest absolute Gasteiger partial charge is 0.123 e. The zero-order chi connectivity index (χ0) is 13.3. The van der Waals surface area contributed by atoms with Crippen LogP contribution in [0.15, 0.2) is 32.5 Å². The van der Waals surface area contributed by atoms with E-state index in [1.54, 1.807) is 18.4 Å². The van der Waals surface area contributed by atoms with Crippen molar-refractivity contribution >= 4 is 59.1 Å². The Morgan fingerprint density at radius 3 is 2.50 bits per heavy atom. The molecule has 0 aliphatic rings. The number of halogens is 3. The second kappa shape index (κ2) is 6.07. The van der Waals surface area contributed by atoms with Crippen molar-refractivity contribution < 1.29 is 4.74 Å². The van der Waals surface area contributed by atoms with Gasteiger partial charge in [-0.3, -0.25) is 0 Å². The zero-order valence-corrected chi connectivity index (χ0v) is 15.4. The largest absolute Gasteiger partial charge is 0.496 e. The van der Waals surface area contributed by atoms with E-state index in [0.29, 0.717) is 0 Å². The quantitative estimate of drug-likeness (QED) is 0.511. The Balaban J connectivity index is 2.44. The third kappa shape index (κ3) is 3.00. The van der Waals surface area contributed by atoms with Gasteiger partial charge in [-0.25, -0.2) is 0 Å². The summed E-state index contributed by atoms with van der Waals surface area (Å²) in [5.41, 5.74) is 2.38. The predicted molar refractivity (Wildman–Crippen MR) is 88.2 cm³/mol. The van der Waals surface area contributed by atoms with Gasteiger partial charge in [0.25, 0.3) is 0 Å². The molecule has 18 heavy (non-hydrogen) atoms. The Bertz CT molecular complexity index is 546. The molecule has 96 valence electrons. The summed E-state index contributed by atoms with van der Waals surface area (Å²) < 4.78 is 7.65. The van der Waals surface area contributed by atoms with Crippen molar-refractivity contribution in [2.75, 3.05) is 7.11 Å². The molecule has 0 saturated carbocycles. The van der Waals surface area contributed by atoms with E-state index in [1.807, 2.05) is 12.1 Å². The molecule has 0 aliphatic carbocycles. The van der Waals surface area contributed by atoms with E-state index in [9.17, 15) is 0 Å². The summed E-state index contributed by atoms with van der Waals surface area (Å²) in [5, 5.41) is 0. The highest BCUT2D eigenvalue weighted by molar-refractivity contribution is 9.11. The van der Waals surface area contributed by atoms with Crippen LogP contribution in [0.4, 0.5) is 0 Å². The second-order valence-corrected chi connectivity index (χ2v) is 8.09. The first-order valence-electron chi connectivity index (χ1n) is 5.26. The summed E-state index contributed by atoms with van der Waals surface area (Å²) in [6.45, 7) is 2.10. The van der Waals surface area contributed by atoms with Crippen molar-refractivity contribution in [3.8, 4) is 5.75 Å². The van der Waals surface area contributed by atoms with Crippen LogP contribution in [-0.2, 0) is 0 Å². The minimum absolute atomic E-state index is 0.139. The molecule has 1 unspecified atom stereocenters. The van der Waals surface area contributed by atoms with Crippen molar-refractivity contribution in [2.24, 2.45) is 0 Å². The molecule has 0 aliphatic heterocycles. The summed E-state index contributed by atoms with van der Waals surface area (Å²) in [5.74, 6) is 0.891. The summed E-state index contributed by atoms with van der Waals surface area (Å²) in [4.78, 5) is 1.40. The molecule has 2 rings (SSSR count). The Morgan fingerprint density at radius 2 is 1.94 bits per heavy atom. The van der Waals surface area contributed by atoms with Crippen LogP contribution in [0, 0.1) is 6.92 Å². The summed E-state index contributed by atoms with van der Waals surface area (Å²) >= 11 is 12.6. The van der Waals surface area contributed by atoms with Gasteiger partial charge >= 0.3 is 0 Å². The topological polar surface area (TPSA) is 9.23 Å². The second-order valence-electron chi connectivity index (χ2n) is 3.85. The van der Waals surface area contributed by atoms with Gasteiger partial charge in [-0.15, -0.1) is 11.3 Å². The molecule has 0 N–H and O–H groups in total. The average molecular weight is 455 g/mol. The molecule has 1 nitrogen and oxygen atoms in total. The molecule has 1 atom stereocenters. The van der Waals surface area contributed by atoms with Gasteiger partial charge in [-0.2, -0.15) is 0 Å². The number of methoxy groups -OCH3 is 1. The van der Waals surface area contributed by atoms with E-state index in [4.69, 9.17) is 4.74 Å². The van der Waals surface area contributed by atoms with Crippen LogP contribution < -0.4 is 4.74 Å². The fourth-order valence-electron chi connectivity index (χ4n) is 1.66. The molecule has 0 amide bonds. The van der Waals surface area contributed by atoms with Crippen LogP contribution in [0.5, 0.6) is 5.75 Å². The summed E-state index contributed by atoms with van der Waals surface area (Å²) in [6, 6.07) is 8.23. The lowest BCUT2D eigenvalue weighted by molar-refractivity contribution is 0.410. The maximum absolute atomic E-state index is 5.42. The SMILES string of the molecule is COc1ccc(Br)cc1C(Br)c1cc(C)c(Br)s1. The minimum atomic E-state index is 0.139. The molecule has 2 aromatic rings. The van der Waals surface area contributed by atoms with E-state index < -0.39 is 0 Å². The minimum Gasteiger partial charge on any atom is -0.496 e. The molecule has 0 fully saturated rings. The highest BCUT2D eigenvalue weighted by atomic mass is 79.9. The van der Waals surface area contributed by atoms with Crippen molar-refractivity contribution in [3.63, 3.8) is 0 Å². The predicted octanol–water partition coefficient (Wildman–Crippen LogP) is 6.07. The van der Waals surface area contributed by atoms with Gasteiger partial charge in [0.15, 0.2) is 0 Å². The Kier molecular flexibility index (Phi) is 4.92. The van der Waals surface area contributed by atoms with Gasteiger partial charge in [-0.1, -0.05) is 31.9 Å². The number of rotatable bonds is 3. The Labute approximate surface area is 136 Å². The lowest BCUT2D eigenvalue weighted by Crippen LogP contribution is -1.95. The molecule has 0 saturated heterocycles. The van der Waals surface area contributed by atoms with Crippen LogP contribution in [0.3, 0.4) is 0 Å². The van der Waals surface area contributed by atoms with Gasteiger partial charge in [0.1, 0.15) is 5.75 Å². The highest BCUT2D eigenvalue weighted by Gasteiger charge is 2.18. The number of hydrogen-bond acceptors (Lipinski definition) is 2. The fraction of sp³-hybridized carbons (Fsp3) is 0.231. The van der Waals surface area contributed by atoms with E-state index >= 15 is 0 Å². The maximum Gasteiger partial charge on any atom is 0.123 e. The molecule has 1 aromatic heterocycles. The van der Waals surface area contributed by atoms with Gasteiger partial charge < -0.3 is 4.74 Å². The highest BCUT2D eigenvalue weighted by Crippen LogP contribution is 2.42. The van der Waals surface area contributed by atoms with Crippen LogP contribution in [0.25, 0.3) is 0 Å². The maximum atomic E-state index is 5.42. The first-order valence-corrected chi connectivity index (χ1v) is 8.58. The van der Waals surface area contributed by atoms with E-state index in [0.717, 1.165) is 15.8 Å². The number of alkyl halides is 1. The first-order chi connectivity index (χ1) is 8.52. The average Bonchev–Trinajstić information content (AvgIpc) is 2.68. The molecule has 5 heteroatoms. The molecule has 0 spiro atoms. The first kappa shape index (κ1) is 14.6. The monoisotopic (exact) mass is 452 g/mol. The molecule has 0 radical (unpaired) electrons. The molecular weight excluding hydrogens is 444 g/mol. The van der Waals surface area contributed by atoms with Crippen LogP contribution in [0.1, 0.15) is 20.8 Å². The van der Waals surface area contributed by atoms with Crippen LogP contribution in [-0.4, -0.2) is 7.11 Å². The molecule has 0 bridgehead atoms. The normalized spacial score (nSPS) is 12.5. The van der Waals surface area contributed by atoms with Gasteiger partial charge in [-0.05, 0) is 52.7 Å². The fourth-order valence-corrected chi connectivity index (χ4v) is 4.38. The number of thiophene rings is 1. The van der Waals surface area contributed by atoms with Crippen molar-refractivity contribution in [1.82, 2.24) is 0 Å². The number of aryl methyl sites for hydroxylation is 1. The lowest BCUT2D eigenvalue weighted by atomic mass is 10.1. The zero-order valence-electron chi connectivity index (χ0n) is 9.84. The third-order valence-corrected chi connectivity index (χ3v) is 6.58. The van der Waals surface area contributed by atoms with Gasteiger partial charge in [0.2, 0.25) is 0 Å². The van der Waals surface area contributed by atoms with E-state index in [-0.39, 0.29) is 4.83 Å².